The summed E-state index contributed by atoms with van der Waals surface area (Å²) in [5, 5.41) is 0. The monoisotopic (exact) mass is 402 g/mol. The minimum atomic E-state index is -0.884. The first-order chi connectivity index (χ1) is 13.9. The number of fused-ring (bicyclic) bond motifs is 1. The van der Waals surface area contributed by atoms with Crippen LogP contribution in [0, 0.1) is 23.4 Å². The topological polar surface area (TPSA) is 40.6 Å². The van der Waals surface area contributed by atoms with Crippen LogP contribution in [0.4, 0.5) is 18.9 Å². The first-order valence-electron chi connectivity index (χ1n) is 9.78. The average Bonchev–Trinajstić information content (AvgIpc) is 2.72. The van der Waals surface area contributed by atoms with Gasteiger partial charge in [-0.05, 0) is 61.6 Å². The van der Waals surface area contributed by atoms with E-state index in [1.54, 1.807) is 11.0 Å². The Morgan fingerprint density at radius 1 is 0.897 bits per heavy atom. The zero-order chi connectivity index (χ0) is 20.5. The van der Waals surface area contributed by atoms with Crippen LogP contribution in [0.25, 0.3) is 0 Å². The molecule has 2 aromatic rings. The number of aryl methyl sites for hydroxylation is 1. The summed E-state index contributed by atoms with van der Waals surface area (Å²) in [5.41, 5.74) is 1.43. The fourth-order valence-electron chi connectivity index (χ4n) is 4.18. The molecule has 1 saturated heterocycles. The van der Waals surface area contributed by atoms with Gasteiger partial charge in [-0.25, -0.2) is 13.2 Å². The standard InChI is InChI=1S/C22H21F3N2O2/c23-16-4-6-20-15(12-16)2-1-9-27(20)21(28)14-7-10-26(11-8-14)22(29)18-5-3-17(24)13-19(18)25/h3-6,12-14H,1-2,7-11H2. The molecule has 7 heteroatoms. The van der Waals surface area contributed by atoms with Crippen LogP contribution < -0.4 is 4.90 Å². The van der Waals surface area contributed by atoms with Crippen LogP contribution in [0.5, 0.6) is 0 Å². The lowest BCUT2D eigenvalue weighted by Crippen LogP contribution is -2.46. The molecule has 2 aromatic carbocycles. The Morgan fingerprint density at radius 2 is 1.59 bits per heavy atom. The quantitative estimate of drug-likeness (QED) is 0.764. The van der Waals surface area contributed by atoms with E-state index in [1.807, 2.05) is 0 Å². The molecule has 0 aliphatic carbocycles. The number of piperidine rings is 1. The fourth-order valence-corrected chi connectivity index (χ4v) is 4.18. The number of hydrogen-bond acceptors (Lipinski definition) is 2. The Kier molecular flexibility index (Phi) is 5.30. The van der Waals surface area contributed by atoms with Gasteiger partial charge in [-0.1, -0.05) is 0 Å². The van der Waals surface area contributed by atoms with Crippen molar-refractivity contribution in [2.24, 2.45) is 5.92 Å². The maximum atomic E-state index is 13.9. The van der Waals surface area contributed by atoms with E-state index in [1.165, 1.54) is 17.0 Å². The highest BCUT2D eigenvalue weighted by Crippen LogP contribution is 2.31. The summed E-state index contributed by atoms with van der Waals surface area (Å²) in [7, 11) is 0. The van der Waals surface area contributed by atoms with E-state index in [9.17, 15) is 22.8 Å². The molecule has 0 spiro atoms. The van der Waals surface area contributed by atoms with Crippen molar-refractivity contribution in [3.63, 3.8) is 0 Å². The molecule has 0 radical (unpaired) electrons. The van der Waals surface area contributed by atoms with E-state index in [2.05, 4.69) is 0 Å². The second kappa shape index (κ2) is 7.89. The lowest BCUT2D eigenvalue weighted by Gasteiger charge is -2.36. The van der Waals surface area contributed by atoms with Crippen molar-refractivity contribution in [2.45, 2.75) is 25.7 Å². The third-order valence-electron chi connectivity index (χ3n) is 5.72. The van der Waals surface area contributed by atoms with Crippen LogP contribution in [0.3, 0.4) is 0 Å². The molecule has 1 fully saturated rings. The number of benzene rings is 2. The number of amides is 2. The van der Waals surface area contributed by atoms with Crippen LogP contribution in [0.1, 0.15) is 35.2 Å². The van der Waals surface area contributed by atoms with Gasteiger partial charge in [0.1, 0.15) is 17.5 Å². The number of nitrogens with zero attached hydrogens (tertiary/aromatic N) is 2. The predicted octanol–water partition coefficient (Wildman–Crippen LogP) is 3.94. The number of hydrogen-bond donors (Lipinski definition) is 0. The molecule has 0 aromatic heterocycles. The van der Waals surface area contributed by atoms with Crippen molar-refractivity contribution in [1.29, 1.82) is 0 Å². The van der Waals surface area contributed by atoms with Crippen molar-refractivity contribution in [3.05, 3.63) is 65.0 Å². The lowest BCUT2D eigenvalue weighted by molar-refractivity contribution is -0.123. The van der Waals surface area contributed by atoms with E-state index >= 15 is 0 Å². The smallest absolute Gasteiger partial charge is 0.256 e. The zero-order valence-corrected chi connectivity index (χ0v) is 15.8. The van der Waals surface area contributed by atoms with Gasteiger partial charge in [0.05, 0.1) is 5.56 Å². The molecule has 0 atom stereocenters. The molecule has 2 amide bonds. The van der Waals surface area contributed by atoms with Crippen LogP contribution in [0.2, 0.25) is 0 Å². The average molecular weight is 402 g/mol. The SMILES string of the molecule is O=C(c1ccc(F)cc1F)N1CCC(C(=O)N2CCCc3cc(F)ccc32)CC1. The summed E-state index contributed by atoms with van der Waals surface area (Å²) in [6, 6.07) is 7.39. The predicted molar refractivity (Wildman–Crippen MR) is 102 cm³/mol. The van der Waals surface area contributed by atoms with E-state index in [-0.39, 0.29) is 23.2 Å². The normalized spacial score (nSPS) is 17.2. The van der Waals surface area contributed by atoms with Crippen LogP contribution in [0.15, 0.2) is 36.4 Å². The third-order valence-corrected chi connectivity index (χ3v) is 5.72. The van der Waals surface area contributed by atoms with Crippen molar-refractivity contribution < 1.29 is 22.8 Å². The Labute approximate surface area is 166 Å². The number of likely N-dealkylation sites (tertiary alicyclic amines) is 1. The highest BCUT2D eigenvalue weighted by atomic mass is 19.1. The van der Waals surface area contributed by atoms with Crippen molar-refractivity contribution in [2.75, 3.05) is 24.5 Å². The molecular formula is C22H21F3N2O2. The summed E-state index contributed by atoms with van der Waals surface area (Å²) in [6.45, 7) is 1.25. The molecule has 0 bridgehead atoms. The summed E-state index contributed by atoms with van der Waals surface area (Å²) in [6.07, 6.45) is 2.47. The van der Waals surface area contributed by atoms with Crippen LogP contribution in [-0.4, -0.2) is 36.3 Å². The Hall–Kier alpha value is -2.83. The number of carbonyl (C=O) groups is 2. The van der Waals surface area contributed by atoms with Gasteiger partial charge in [-0.2, -0.15) is 0 Å². The third kappa shape index (κ3) is 3.86. The summed E-state index contributed by atoms with van der Waals surface area (Å²) < 4.78 is 40.5. The van der Waals surface area contributed by atoms with Gasteiger partial charge in [-0.15, -0.1) is 0 Å². The first kappa shape index (κ1) is 19.5. The van der Waals surface area contributed by atoms with Gasteiger partial charge in [0.2, 0.25) is 5.91 Å². The summed E-state index contributed by atoms with van der Waals surface area (Å²) >= 11 is 0. The molecule has 0 saturated carbocycles. The van der Waals surface area contributed by atoms with Crippen molar-refractivity contribution in [3.8, 4) is 0 Å². The molecule has 4 rings (SSSR count). The molecule has 2 aliphatic heterocycles. The molecule has 4 nitrogen and oxygen atoms in total. The maximum Gasteiger partial charge on any atom is 0.256 e. The fraction of sp³-hybridized carbons (Fsp3) is 0.364. The van der Waals surface area contributed by atoms with Gasteiger partial charge in [0, 0.05) is 37.3 Å². The van der Waals surface area contributed by atoms with E-state index in [0.29, 0.717) is 38.5 Å². The summed E-state index contributed by atoms with van der Waals surface area (Å²) in [4.78, 5) is 28.8. The molecule has 29 heavy (non-hydrogen) atoms. The largest absolute Gasteiger partial charge is 0.339 e. The van der Waals surface area contributed by atoms with E-state index in [4.69, 9.17) is 0 Å². The second-order valence-electron chi connectivity index (χ2n) is 7.56. The zero-order valence-electron chi connectivity index (χ0n) is 15.8. The second-order valence-corrected chi connectivity index (χ2v) is 7.56. The molecule has 0 unspecified atom stereocenters. The van der Waals surface area contributed by atoms with Gasteiger partial charge in [0.15, 0.2) is 0 Å². The highest BCUT2D eigenvalue weighted by molar-refractivity contribution is 5.97. The van der Waals surface area contributed by atoms with Crippen molar-refractivity contribution in [1.82, 2.24) is 4.90 Å². The Bertz CT molecular complexity index is 955. The van der Waals surface area contributed by atoms with Gasteiger partial charge in [0.25, 0.3) is 5.91 Å². The molecular weight excluding hydrogens is 381 g/mol. The molecule has 152 valence electrons. The van der Waals surface area contributed by atoms with Crippen LogP contribution >= 0.6 is 0 Å². The Morgan fingerprint density at radius 3 is 2.31 bits per heavy atom. The maximum absolute atomic E-state index is 13.9. The van der Waals surface area contributed by atoms with Gasteiger partial charge < -0.3 is 9.80 Å². The Balaban J connectivity index is 1.42. The number of anilines is 1. The first-order valence-corrected chi connectivity index (χ1v) is 9.78. The number of rotatable bonds is 2. The van der Waals surface area contributed by atoms with Crippen molar-refractivity contribution >= 4 is 17.5 Å². The molecule has 2 aliphatic rings. The highest BCUT2D eigenvalue weighted by Gasteiger charge is 2.33. The molecule has 2 heterocycles. The molecule has 0 N–H and O–H groups in total. The minimum Gasteiger partial charge on any atom is -0.339 e. The minimum absolute atomic E-state index is 0.0161. The number of carbonyl (C=O) groups excluding carboxylic acids is 2. The van der Waals surface area contributed by atoms with Gasteiger partial charge >= 0.3 is 0 Å². The number of halogens is 3. The lowest BCUT2D eigenvalue weighted by atomic mass is 9.92. The van der Waals surface area contributed by atoms with E-state index in [0.717, 1.165) is 36.2 Å². The van der Waals surface area contributed by atoms with E-state index < -0.39 is 17.5 Å². The van der Waals surface area contributed by atoms with Gasteiger partial charge in [-0.3, -0.25) is 9.59 Å². The van der Waals surface area contributed by atoms with Crippen LogP contribution in [-0.2, 0) is 11.2 Å². The summed E-state index contributed by atoms with van der Waals surface area (Å²) in [5.74, 6) is -2.67.